The van der Waals surface area contributed by atoms with Gasteiger partial charge < -0.3 is 14.4 Å². The number of nitrogens with zero attached hydrogens (tertiary/aromatic N) is 6. The second-order valence-electron chi connectivity index (χ2n) is 9.67. The smallest absolute Gasteiger partial charge is 0.175 e. The summed E-state index contributed by atoms with van der Waals surface area (Å²) in [7, 11) is -1.10. The average Bonchev–Trinajstić information content (AvgIpc) is 3.48. The molecule has 9 nitrogen and oxygen atoms in total. The lowest BCUT2D eigenvalue weighted by Gasteiger charge is -2.34. The Hall–Kier alpha value is -2.69. The average molecular weight is 454 g/mol. The van der Waals surface area contributed by atoms with Gasteiger partial charge in [-0.1, -0.05) is 19.6 Å². The minimum absolute atomic E-state index is 0.256. The first-order valence-electron chi connectivity index (χ1n) is 11.2. The molecule has 0 bridgehead atoms. The summed E-state index contributed by atoms with van der Waals surface area (Å²) in [6.07, 6.45) is 5.74. The molecule has 0 unspecified atom stereocenters. The van der Waals surface area contributed by atoms with E-state index >= 15 is 0 Å². The van der Waals surface area contributed by atoms with Crippen molar-refractivity contribution < 1.29 is 9.47 Å². The van der Waals surface area contributed by atoms with Gasteiger partial charge in [-0.15, -0.1) is 0 Å². The summed E-state index contributed by atoms with van der Waals surface area (Å²) < 4.78 is 15.2. The first-order valence-corrected chi connectivity index (χ1v) is 14.9. The van der Waals surface area contributed by atoms with E-state index in [-0.39, 0.29) is 6.04 Å². The number of aromatic nitrogens is 6. The summed E-state index contributed by atoms with van der Waals surface area (Å²) in [5.74, 6) is 1.72. The van der Waals surface area contributed by atoms with Crippen molar-refractivity contribution in [3.05, 3.63) is 30.7 Å². The lowest BCUT2D eigenvalue weighted by atomic mass is 10.2. The van der Waals surface area contributed by atoms with E-state index in [2.05, 4.69) is 41.5 Å². The molecule has 0 saturated carbocycles. The van der Waals surface area contributed by atoms with Crippen LogP contribution in [-0.4, -0.2) is 70.0 Å². The summed E-state index contributed by atoms with van der Waals surface area (Å²) in [6.45, 7) is 12.7. The van der Waals surface area contributed by atoms with Gasteiger partial charge in [0, 0.05) is 51.3 Å². The number of hydrogen-bond donors (Lipinski definition) is 1. The number of fused-ring (bicyclic) bond motifs is 3. The maximum absolute atomic E-state index is 5.84. The fourth-order valence-electron chi connectivity index (χ4n) is 4.06. The number of aromatic amines is 1. The van der Waals surface area contributed by atoms with Gasteiger partial charge in [-0.25, -0.2) is 14.3 Å². The maximum Gasteiger partial charge on any atom is 0.175 e. The first kappa shape index (κ1) is 21.2. The van der Waals surface area contributed by atoms with Crippen LogP contribution in [0.2, 0.25) is 25.7 Å². The summed E-state index contributed by atoms with van der Waals surface area (Å²) in [4.78, 5) is 12.0. The van der Waals surface area contributed by atoms with Crippen LogP contribution in [0.25, 0.3) is 27.8 Å². The molecule has 32 heavy (non-hydrogen) atoms. The van der Waals surface area contributed by atoms with Gasteiger partial charge in [-0.2, -0.15) is 5.10 Å². The zero-order chi connectivity index (χ0) is 22.3. The van der Waals surface area contributed by atoms with Crippen molar-refractivity contribution in [1.82, 2.24) is 29.5 Å². The molecule has 4 aromatic heterocycles. The molecule has 0 aliphatic carbocycles. The van der Waals surface area contributed by atoms with E-state index in [1.54, 1.807) is 0 Å². The molecule has 0 aromatic carbocycles. The van der Waals surface area contributed by atoms with Crippen LogP contribution >= 0.6 is 0 Å². The maximum atomic E-state index is 5.84. The van der Waals surface area contributed by atoms with Crippen LogP contribution in [-0.2, 0) is 16.2 Å². The zero-order valence-corrected chi connectivity index (χ0v) is 20.2. The third kappa shape index (κ3) is 4.05. The van der Waals surface area contributed by atoms with Gasteiger partial charge >= 0.3 is 0 Å². The van der Waals surface area contributed by atoms with Crippen molar-refractivity contribution in [1.29, 1.82) is 0 Å². The number of nitrogens with one attached hydrogen (secondary N) is 1. The first-order chi connectivity index (χ1) is 15.4. The SMILES string of the molecule is C[C@@H]1COCCN1c1nc2c(c[nH]n2-c2ccn(COCC[Si](C)(C)C)n2)c2nccc12. The van der Waals surface area contributed by atoms with Crippen molar-refractivity contribution in [3.63, 3.8) is 0 Å². The fraction of sp³-hybridized carbons (Fsp3) is 0.500. The predicted molar refractivity (Wildman–Crippen MR) is 128 cm³/mol. The molecule has 5 rings (SSSR count). The highest BCUT2D eigenvalue weighted by Gasteiger charge is 2.25. The molecule has 1 fully saturated rings. The normalized spacial score (nSPS) is 17.6. The number of morpholine rings is 1. The van der Waals surface area contributed by atoms with Gasteiger partial charge in [0.15, 0.2) is 11.5 Å². The zero-order valence-electron chi connectivity index (χ0n) is 19.2. The Bertz CT molecular complexity index is 1220. The molecule has 1 aliphatic rings. The van der Waals surface area contributed by atoms with Crippen LogP contribution in [0.3, 0.4) is 0 Å². The number of ether oxygens (including phenoxy) is 2. The minimum Gasteiger partial charge on any atom is -0.377 e. The van der Waals surface area contributed by atoms with E-state index < -0.39 is 8.07 Å². The summed E-state index contributed by atoms with van der Waals surface area (Å²) in [6, 6.07) is 5.42. The van der Waals surface area contributed by atoms with Gasteiger partial charge in [0.05, 0.1) is 30.2 Å². The third-order valence-corrected chi connectivity index (χ3v) is 7.62. The number of hydrogen-bond acceptors (Lipinski definition) is 6. The van der Waals surface area contributed by atoms with Gasteiger partial charge in [-0.05, 0) is 19.0 Å². The molecule has 5 heterocycles. The second-order valence-corrected chi connectivity index (χ2v) is 15.3. The molecular formula is C22H31N7O2Si. The van der Waals surface area contributed by atoms with Crippen LogP contribution in [0.15, 0.2) is 30.7 Å². The van der Waals surface area contributed by atoms with E-state index in [4.69, 9.17) is 19.6 Å². The van der Waals surface area contributed by atoms with Crippen LogP contribution < -0.4 is 4.90 Å². The molecule has 1 N–H and O–H groups in total. The molecule has 0 amide bonds. The quantitative estimate of drug-likeness (QED) is 0.340. The molecule has 10 heteroatoms. The Labute approximate surface area is 188 Å². The Morgan fingerprint density at radius 3 is 2.94 bits per heavy atom. The largest absolute Gasteiger partial charge is 0.377 e. The van der Waals surface area contributed by atoms with E-state index in [0.29, 0.717) is 19.9 Å². The third-order valence-electron chi connectivity index (χ3n) is 5.91. The molecule has 0 spiro atoms. The highest BCUT2D eigenvalue weighted by Crippen LogP contribution is 2.32. The van der Waals surface area contributed by atoms with Gasteiger partial charge in [0.1, 0.15) is 12.5 Å². The van der Waals surface area contributed by atoms with Gasteiger partial charge in [-0.3, -0.25) is 10.1 Å². The molecular weight excluding hydrogens is 422 g/mol. The van der Waals surface area contributed by atoms with Crippen molar-refractivity contribution >= 4 is 35.8 Å². The van der Waals surface area contributed by atoms with Crippen molar-refractivity contribution in [2.75, 3.05) is 31.3 Å². The standard InChI is InChI=1S/C22H31N7O2Si/c1-16-14-30-10-9-28(16)21-17-5-7-23-20(17)18-13-24-29(22(18)25-21)19-6-8-27(26-19)15-31-11-12-32(2,3)4/h5-8,13,16,24H,9-12,14-15H2,1-4H3/t16-/m1/s1. The number of rotatable bonds is 7. The number of H-pyrrole nitrogens is 1. The van der Waals surface area contributed by atoms with Crippen LogP contribution in [0, 0.1) is 0 Å². The van der Waals surface area contributed by atoms with Crippen LogP contribution in [0.1, 0.15) is 6.92 Å². The topological polar surface area (TPSA) is 86.0 Å². The molecule has 1 aliphatic heterocycles. The lowest BCUT2D eigenvalue weighted by Crippen LogP contribution is -2.44. The number of pyridine rings is 1. The Morgan fingerprint density at radius 2 is 2.12 bits per heavy atom. The minimum atomic E-state index is -1.10. The van der Waals surface area contributed by atoms with Gasteiger partial charge in [0.2, 0.25) is 0 Å². The number of anilines is 1. The second kappa shape index (κ2) is 8.34. The predicted octanol–water partition coefficient (Wildman–Crippen LogP) is 3.64. The Morgan fingerprint density at radius 1 is 1.25 bits per heavy atom. The molecule has 4 aromatic rings. The highest BCUT2D eigenvalue weighted by molar-refractivity contribution is 6.76. The summed E-state index contributed by atoms with van der Waals surface area (Å²) in [5, 5.41) is 10.1. The van der Waals surface area contributed by atoms with E-state index in [0.717, 1.165) is 52.8 Å². The Kier molecular flexibility index (Phi) is 5.52. The molecule has 1 atom stereocenters. The van der Waals surface area contributed by atoms with Crippen molar-refractivity contribution in [2.45, 2.75) is 45.4 Å². The Balaban J connectivity index is 1.46. The van der Waals surface area contributed by atoms with E-state index in [9.17, 15) is 0 Å². The van der Waals surface area contributed by atoms with Crippen LogP contribution in [0.4, 0.5) is 5.82 Å². The van der Waals surface area contributed by atoms with Crippen molar-refractivity contribution in [2.24, 2.45) is 0 Å². The van der Waals surface area contributed by atoms with Crippen LogP contribution in [0.5, 0.6) is 0 Å². The fourth-order valence-corrected chi connectivity index (χ4v) is 4.82. The summed E-state index contributed by atoms with van der Waals surface area (Å²) in [5.41, 5.74) is 1.77. The monoisotopic (exact) mass is 453 g/mol. The lowest BCUT2D eigenvalue weighted by molar-refractivity contribution is 0.0785. The van der Waals surface area contributed by atoms with Gasteiger partial charge in [0.25, 0.3) is 0 Å². The van der Waals surface area contributed by atoms with E-state index in [1.165, 1.54) is 0 Å². The molecule has 1 saturated heterocycles. The summed E-state index contributed by atoms with van der Waals surface area (Å²) >= 11 is 0. The molecule has 0 radical (unpaired) electrons. The van der Waals surface area contributed by atoms with Crippen molar-refractivity contribution in [3.8, 4) is 5.82 Å². The highest BCUT2D eigenvalue weighted by atomic mass is 28.3. The molecule has 170 valence electrons. The van der Waals surface area contributed by atoms with E-state index in [1.807, 2.05) is 40.1 Å².